The molecule has 4 heteroatoms. The molecule has 0 spiro atoms. The van der Waals surface area contributed by atoms with E-state index in [1.807, 2.05) is 12.1 Å². The lowest BCUT2D eigenvalue weighted by atomic mass is 9.77. The zero-order valence-electron chi connectivity index (χ0n) is 18.6. The van der Waals surface area contributed by atoms with Crippen molar-refractivity contribution in [3.8, 4) is 11.1 Å². The van der Waals surface area contributed by atoms with E-state index in [1.54, 1.807) is 0 Å². The van der Waals surface area contributed by atoms with Gasteiger partial charge in [-0.1, -0.05) is 63.3 Å². The van der Waals surface area contributed by atoms with Crippen LogP contribution in [0.2, 0.25) is 0 Å². The maximum absolute atomic E-state index is 14.5. The molecule has 0 nitrogen and oxygen atoms in total. The average molecular weight is 443 g/mol. The second-order valence-electron chi connectivity index (χ2n) is 9.23. The molecule has 0 aliphatic heterocycles. The second-order valence-corrected chi connectivity index (χ2v) is 9.23. The van der Waals surface area contributed by atoms with E-state index in [9.17, 15) is 17.6 Å². The van der Waals surface area contributed by atoms with Crippen molar-refractivity contribution >= 4 is 10.8 Å². The first kappa shape index (κ1) is 22.8. The quantitative estimate of drug-likeness (QED) is 0.194. The fourth-order valence-electron chi connectivity index (χ4n) is 5.15. The highest BCUT2D eigenvalue weighted by Gasteiger charge is 2.22. The molecule has 1 fully saturated rings. The first-order valence-electron chi connectivity index (χ1n) is 11.8. The molecule has 3 aromatic rings. The number of hydrogen-bond acceptors (Lipinski definition) is 0. The third-order valence-electron chi connectivity index (χ3n) is 7.05. The number of benzene rings is 3. The van der Waals surface area contributed by atoms with E-state index < -0.39 is 28.7 Å². The van der Waals surface area contributed by atoms with Gasteiger partial charge in [-0.15, -0.1) is 0 Å². The maximum atomic E-state index is 14.5. The molecule has 0 saturated heterocycles. The van der Waals surface area contributed by atoms with Crippen LogP contribution in [0.4, 0.5) is 17.6 Å². The van der Waals surface area contributed by atoms with Gasteiger partial charge in [-0.25, -0.2) is 17.6 Å². The Labute approximate surface area is 187 Å². The van der Waals surface area contributed by atoms with E-state index in [1.165, 1.54) is 75.5 Å². The monoisotopic (exact) mass is 442 g/mol. The fourth-order valence-corrected chi connectivity index (χ4v) is 5.15. The van der Waals surface area contributed by atoms with Crippen LogP contribution < -0.4 is 0 Å². The summed E-state index contributed by atoms with van der Waals surface area (Å²) in [5, 5.41) is -0.506. The number of fused-ring (bicyclic) bond motifs is 1. The van der Waals surface area contributed by atoms with Crippen molar-refractivity contribution in [1.29, 1.82) is 0 Å². The van der Waals surface area contributed by atoms with Crippen molar-refractivity contribution < 1.29 is 17.6 Å². The molecular weight excluding hydrogens is 412 g/mol. The van der Waals surface area contributed by atoms with E-state index in [0.29, 0.717) is 11.5 Å². The molecule has 170 valence electrons. The Kier molecular flexibility index (Phi) is 7.17. The lowest BCUT2D eigenvalue weighted by Gasteiger charge is -2.29. The second kappa shape index (κ2) is 10.1. The highest BCUT2D eigenvalue weighted by molar-refractivity contribution is 5.88. The topological polar surface area (TPSA) is 0 Å². The highest BCUT2D eigenvalue weighted by atomic mass is 19.2. The van der Waals surface area contributed by atoms with Gasteiger partial charge in [-0.05, 0) is 77.8 Å². The minimum Gasteiger partial charge on any atom is -0.206 e. The number of rotatable bonds is 7. The molecule has 0 N–H and O–H groups in total. The summed E-state index contributed by atoms with van der Waals surface area (Å²) in [6, 6.07) is 11.6. The summed E-state index contributed by atoms with van der Waals surface area (Å²) in [6.45, 7) is 2.24. The van der Waals surface area contributed by atoms with Gasteiger partial charge >= 0.3 is 0 Å². The van der Waals surface area contributed by atoms with Gasteiger partial charge in [0, 0.05) is 0 Å². The van der Waals surface area contributed by atoms with Crippen molar-refractivity contribution in [1.82, 2.24) is 0 Å². The van der Waals surface area contributed by atoms with Crippen molar-refractivity contribution in [2.24, 2.45) is 5.92 Å². The predicted octanol–water partition coefficient (Wildman–Crippen LogP) is 9.31. The van der Waals surface area contributed by atoms with Crippen LogP contribution in [0, 0.1) is 29.2 Å². The first-order valence-corrected chi connectivity index (χ1v) is 11.8. The summed E-state index contributed by atoms with van der Waals surface area (Å²) in [5.41, 5.74) is 2.57. The number of halogens is 4. The Morgan fingerprint density at radius 2 is 1.44 bits per heavy atom. The van der Waals surface area contributed by atoms with Crippen molar-refractivity contribution in [3.63, 3.8) is 0 Å². The maximum Gasteiger partial charge on any atom is 0.195 e. The summed E-state index contributed by atoms with van der Waals surface area (Å²) in [4.78, 5) is 0. The Morgan fingerprint density at radius 1 is 0.719 bits per heavy atom. The number of hydrogen-bond donors (Lipinski definition) is 0. The standard InChI is InChI=1S/C28H30F4/c1-2-3-4-5-6-18-7-9-19(10-8-18)20-11-13-21(14-12-20)22-15-23-17-25(30)27(31)28(32)26(23)24(29)16-22/h11-19H,2-10H2,1H3. The highest BCUT2D eigenvalue weighted by Crippen LogP contribution is 2.38. The van der Waals surface area contributed by atoms with Crippen LogP contribution >= 0.6 is 0 Å². The SMILES string of the molecule is CCCCCCC1CCC(c2ccc(-c3cc(F)c4c(F)c(F)c(F)cc4c3)cc2)CC1. The Morgan fingerprint density at radius 3 is 2.12 bits per heavy atom. The van der Waals surface area contributed by atoms with E-state index in [0.717, 1.165) is 17.5 Å². The van der Waals surface area contributed by atoms with E-state index >= 15 is 0 Å². The summed E-state index contributed by atoms with van der Waals surface area (Å²) in [5.74, 6) is -3.94. The van der Waals surface area contributed by atoms with Gasteiger partial charge in [-0.3, -0.25) is 0 Å². The third-order valence-corrected chi connectivity index (χ3v) is 7.05. The van der Waals surface area contributed by atoms with E-state index in [-0.39, 0.29) is 5.39 Å². The zero-order chi connectivity index (χ0) is 22.7. The van der Waals surface area contributed by atoms with E-state index in [2.05, 4.69) is 19.1 Å². The molecule has 0 radical (unpaired) electrons. The third kappa shape index (κ3) is 4.84. The van der Waals surface area contributed by atoms with Crippen LogP contribution in [0.15, 0.2) is 42.5 Å². The number of unbranched alkanes of at least 4 members (excludes halogenated alkanes) is 3. The van der Waals surface area contributed by atoms with Crippen LogP contribution in [-0.4, -0.2) is 0 Å². The molecule has 1 aliphatic rings. The average Bonchev–Trinajstić information content (AvgIpc) is 2.80. The minimum absolute atomic E-state index is 0.0118. The summed E-state index contributed by atoms with van der Waals surface area (Å²) >= 11 is 0. The van der Waals surface area contributed by atoms with Gasteiger partial charge in [0.25, 0.3) is 0 Å². The van der Waals surface area contributed by atoms with E-state index in [4.69, 9.17) is 0 Å². The van der Waals surface area contributed by atoms with Gasteiger partial charge in [0.2, 0.25) is 0 Å². The first-order chi connectivity index (χ1) is 15.5. The zero-order valence-corrected chi connectivity index (χ0v) is 18.6. The van der Waals surface area contributed by atoms with Gasteiger partial charge in [0.15, 0.2) is 17.5 Å². The van der Waals surface area contributed by atoms with Crippen LogP contribution in [0.3, 0.4) is 0 Å². The Balaban J connectivity index is 1.45. The molecule has 1 saturated carbocycles. The normalized spacial score (nSPS) is 18.9. The largest absolute Gasteiger partial charge is 0.206 e. The molecule has 1 aliphatic carbocycles. The smallest absolute Gasteiger partial charge is 0.195 e. The molecule has 0 aromatic heterocycles. The lowest BCUT2D eigenvalue weighted by Crippen LogP contribution is -2.13. The minimum atomic E-state index is -1.65. The van der Waals surface area contributed by atoms with Gasteiger partial charge in [0.1, 0.15) is 5.82 Å². The van der Waals surface area contributed by atoms with Gasteiger partial charge < -0.3 is 0 Å². The summed E-state index contributed by atoms with van der Waals surface area (Å²) in [6.07, 6.45) is 11.6. The molecule has 0 heterocycles. The van der Waals surface area contributed by atoms with Crippen molar-refractivity contribution in [2.45, 2.75) is 70.6 Å². The molecular formula is C28H30F4. The van der Waals surface area contributed by atoms with Gasteiger partial charge in [-0.2, -0.15) is 0 Å². The fraction of sp³-hybridized carbons (Fsp3) is 0.429. The van der Waals surface area contributed by atoms with Crippen LogP contribution in [0.5, 0.6) is 0 Å². The summed E-state index contributed by atoms with van der Waals surface area (Å²) < 4.78 is 55.6. The van der Waals surface area contributed by atoms with Crippen LogP contribution in [0.1, 0.15) is 76.2 Å². The Bertz CT molecular complexity index is 1060. The molecule has 0 atom stereocenters. The van der Waals surface area contributed by atoms with Gasteiger partial charge in [0.05, 0.1) is 5.39 Å². The molecule has 0 amide bonds. The lowest BCUT2D eigenvalue weighted by molar-refractivity contribution is 0.302. The molecule has 32 heavy (non-hydrogen) atoms. The molecule has 3 aromatic carbocycles. The van der Waals surface area contributed by atoms with Crippen molar-refractivity contribution in [3.05, 3.63) is 71.3 Å². The molecule has 0 bridgehead atoms. The Hall–Kier alpha value is -2.36. The van der Waals surface area contributed by atoms with Crippen molar-refractivity contribution in [2.75, 3.05) is 0 Å². The molecule has 0 unspecified atom stereocenters. The molecule has 4 rings (SSSR count). The van der Waals surface area contributed by atoms with Crippen LogP contribution in [-0.2, 0) is 0 Å². The summed E-state index contributed by atoms with van der Waals surface area (Å²) in [7, 11) is 0. The predicted molar refractivity (Wildman–Crippen MR) is 123 cm³/mol. The van der Waals surface area contributed by atoms with Crippen LogP contribution in [0.25, 0.3) is 21.9 Å².